The van der Waals surface area contributed by atoms with Crippen LogP contribution in [0.15, 0.2) is 24.3 Å². The van der Waals surface area contributed by atoms with Crippen molar-refractivity contribution in [3.05, 3.63) is 24.3 Å². The van der Waals surface area contributed by atoms with Crippen molar-refractivity contribution >= 4 is 13.8 Å². The molecule has 0 aromatic carbocycles. The second-order valence-corrected chi connectivity index (χ2v) is 18.2. The summed E-state index contributed by atoms with van der Waals surface area (Å²) in [5.74, 6) is -0.314. The van der Waals surface area contributed by atoms with E-state index in [0.29, 0.717) is 24.1 Å². The summed E-state index contributed by atoms with van der Waals surface area (Å²) in [6.45, 7) is 5.62. The number of quaternary nitrogens is 1. The zero-order valence-corrected chi connectivity index (χ0v) is 37.8. The molecule has 326 valence electrons. The van der Waals surface area contributed by atoms with Gasteiger partial charge in [0.2, 0.25) is 0 Å². The van der Waals surface area contributed by atoms with Crippen LogP contribution < -0.4 is 0 Å². The Morgan fingerprint density at radius 3 is 1.47 bits per heavy atom. The first-order chi connectivity index (χ1) is 26.6. The molecule has 8 nitrogen and oxygen atoms in total. The van der Waals surface area contributed by atoms with Crippen molar-refractivity contribution in [2.24, 2.45) is 0 Å². The minimum Gasteiger partial charge on any atom is -0.457 e. The number of carbonyl (C=O) groups excluding carboxylic acids is 1. The predicted molar refractivity (Wildman–Crippen MR) is 233 cm³/mol. The number of phosphoric ester groups is 1. The van der Waals surface area contributed by atoms with Crippen LogP contribution in [0.25, 0.3) is 0 Å². The summed E-state index contributed by atoms with van der Waals surface area (Å²) >= 11 is 0. The van der Waals surface area contributed by atoms with E-state index >= 15 is 0 Å². The Labute approximate surface area is 341 Å². The molecular formula is C46H91NO7P+. The van der Waals surface area contributed by atoms with Crippen LogP contribution in [-0.2, 0) is 27.9 Å². The molecule has 0 heterocycles. The molecule has 0 aromatic rings. The van der Waals surface area contributed by atoms with Gasteiger partial charge < -0.3 is 18.9 Å². The number of likely N-dealkylation sites (N-methyl/N-ethyl adjacent to an activating group) is 1. The van der Waals surface area contributed by atoms with E-state index in [2.05, 4.69) is 38.2 Å². The molecule has 2 unspecified atom stereocenters. The third kappa shape index (κ3) is 43.9. The molecule has 0 aliphatic rings. The van der Waals surface area contributed by atoms with Crippen molar-refractivity contribution in [3.8, 4) is 0 Å². The van der Waals surface area contributed by atoms with Crippen molar-refractivity contribution in [2.45, 2.75) is 213 Å². The fourth-order valence-electron chi connectivity index (χ4n) is 6.41. The van der Waals surface area contributed by atoms with E-state index in [1.54, 1.807) is 0 Å². The summed E-state index contributed by atoms with van der Waals surface area (Å²) in [5.41, 5.74) is 0. The summed E-state index contributed by atoms with van der Waals surface area (Å²) in [6.07, 6.45) is 45.0. The van der Waals surface area contributed by atoms with Gasteiger partial charge in [0.25, 0.3) is 0 Å². The lowest BCUT2D eigenvalue weighted by atomic mass is 10.1. The van der Waals surface area contributed by atoms with Crippen LogP contribution >= 0.6 is 7.82 Å². The maximum atomic E-state index is 12.7. The first-order valence-electron chi connectivity index (χ1n) is 23.1. The molecule has 0 bridgehead atoms. The maximum absolute atomic E-state index is 12.7. The van der Waals surface area contributed by atoms with E-state index in [1.807, 2.05) is 21.1 Å². The highest BCUT2D eigenvalue weighted by molar-refractivity contribution is 7.47. The number of rotatable bonds is 43. The van der Waals surface area contributed by atoms with E-state index in [-0.39, 0.29) is 25.8 Å². The van der Waals surface area contributed by atoms with Crippen LogP contribution in [-0.4, -0.2) is 75.6 Å². The Bertz CT molecular complexity index is 936. The second-order valence-electron chi connectivity index (χ2n) is 16.8. The minimum atomic E-state index is -4.27. The molecule has 0 fully saturated rings. The SMILES string of the molecule is CCCCCCC/C=C\C/C=C\CCCCCCCCCCCCOCC(COP(=O)(O)OCC[N+](C)(C)C)OC(=O)CCCCCCCCCCCCC. The van der Waals surface area contributed by atoms with Crippen LogP contribution in [0.4, 0.5) is 0 Å². The first kappa shape index (κ1) is 54.0. The lowest BCUT2D eigenvalue weighted by molar-refractivity contribution is -0.870. The maximum Gasteiger partial charge on any atom is 0.472 e. The molecule has 0 radical (unpaired) electrons. The third-order valence-corrected chi connectivity index (χ3v) is 11.0. The molecular weight excluding hydrogens is 709 g/mol. The highest BCUT2D eigenvalue weighted by atomic mass is 31.2. The topological polar surface area (TPSA) is 91.3 Å². The number of esters is 1. The number of nitrogens with zero attached hydrogens (tertiary/aromatic N) is 1. The molecule has 2 atom stereocenters. The van der Waals surface area contributed by atoms with Gasteiger partial charge in [-0.3, -0.25) is 13.8 Å². The minimum absolute atomic E-state index is 0.0900. The van der Waals surface area contributed by atoms with E-state index in [1.165, 1.54) is 148 Å². The normalized spacial score (nSPS) is 13.9. The van der Waals surface area contributed by atoms with Crippen molar-refractivity contribution in [3.63, 3.8) is 0 Å². The fraction of sp³-hybridized carbons (Fsp3) is 0.891. The van der Waals surface area contributed by atoms with E-state index < -0.39 is 13.9 Å². The van der Waals surface area contributed by atoms with Crippen molar-refractivity contribution in [2.75, 3.05) is 54.1 Å². The number of unbranched alkanes of at least 4 members (excludes halogenated alkanes) is 25. The van der Waals surface area contributed by atoms with Gasteiger partial charge in [-0.1, -0.05) is 179 Å². The van der Waals surface area contributed by atoms with Crippen LogP contribution in [0, 0.1) is 0 Å². The average molecular weight is 801 g/mol. The summed E-state index contributed by atoms with van der Waals surface area (Å²) in [6, 6.07) is 0. The summed E-state index contributed by atoms with van der Waals surface area (Å²) in [4.78, 5) is 22.8. The van der Waals surface area contributed by atoms with Gasteiger partial charge >= 0.3 is 13.8 Å². The quantitative estimate of drug-likeness (QED) is 0.0216. The number of carbonyl (C=O) groups is 1. The van der Waals surface area contributed by atoms with Gasteiger partial charge in [-0.25, -0.2) is 4.57 Å². The molecule has 9 heteroatoms. The molecule has 0 aromatic heterocycles. The largest absolute Gasteiger partial charge is 0.472 e. The van der Waals surface area contributed by atoms with Gasteiger partial charge in [-0.2, -0.15) is 0 Å². The Balaban J connectivity index is 4.11. The van der Waals surface area contributed by atoms with Gasteiger partial charge in [0.1, 0.15) is 19.3 Å². The third-order valence-electron chi connectivity index (χ3n) is 10.0. The number of allylic oxidation sites excluding steroid dienone is 4. The zero-order valence-electron chi connectivity index (χ0n) is 36.9. The number of hydrogen-bond donors (Lipinski definition) is 1. The Hall–Kier alpha value is -1.02. The van der Waals surface area contributed by atoms with Crippen molar-refractivity contribution < 1.29 is 37.3 Å². The Kier molecular flexibility index (Phi) is 39.1. The average Bonchev–Trinajstić information content (AvgIpc) is 3.13. The van der Waals surface area contributed by atoms with Gasteiger partial charge in [-0.05, 0) is 44.9 Å². The number of ether oxygens (including phenoxy) is 2. The van der Waals surface area contributed by atoms with Gasteiger partial charge in [0.05, 0.1) is 34.4 Å². The fourth-order valence-corrected chi connectivity index (χ4v) is 7.15. The van der Waals surface area contributed by atoms with E-state index in [4.69, 9.17) is 18.5 Å². The van der Waals surface area contributed by atoms with Crippen LogP contribution in [0.3, 0.4) is 0 Å². The highest BCUT2D eigenvalue weighted by Crippen LogP contribution is 2.43. The molecule has 0 aliphatic carbocycles. The van der Waals surface area contributed by atoms with E-state index in [9.17, 15) is 14.3 Å². The molecule has 0 saturated heterocycles. The van der Waals surface area contributed by atoms with Crippen molar-refractivity contribution in [1.29, 1.82) is 0 Å². The highest BCUT2D eigenvalue weighted by Gasteiger charge is 2.26. The summed E-state index contributed by atoms with van der Waals surface area (Å²) in [7, 11) is 1.67. The molecule has 0 aliphatic heterocycles. The summed E-state index contributed by atoms with van der Waals surface area (Å²) in [5, 5.41) is 0. The van der Waals surface area contributed by atoms with Gasteiger partial charge in [-0.15, -0.1) is 0 Å². The van der Waals surface area contributed by atoms with Gasteiger partial charge in [0.15, 0.2) is 0 Å². The molecule has 0 amide bonds. The van der Waals surface area contributed by atoms with Crippen molar-refractivity contribution in [1.82, 2.24) is 0 Å². The smallest absolute Gasteiger partial charge is 0.457 e. The molecule has 55 heavy (non-hydrogen) atoms. The lowest BCUT2D eigenvalue weighted by Gasteiger charge is -2.24. The van der Waals surface area contributed by atoms with E-state index in [0.717, 1.165) is 38.5 Å². The van der Waals surface area contributed by atoms with Crippen LogP contribution in [0.5, 0.6) is 0 Å². The molecule has 0 saturated carbocycles. The number of phosphoric acid groups is 1. The number of hydrogen-bond acceptors (Lipinski definition) is 6. The first-order valence-corrected chi connectivity index (χ1v) is 24.6. The molecule has 1 N–H and O–H groups in total. The standard InChI is InChI=1S/C46H90NO7P/c1-6-8-10-12-14-16-18-19-20-21-22-23-24-25-26-27-28-30-32-34-36-38-41-51-43-45(44-53-55(49,50)52-42-40-47(3,4)5)54-46(48)39-37-35-33-31-29-17-15-13-11-9-7-2/h18-19,21-22,45H,6-17,20,23-44H2,1-5H3/p+1/b19-18-,22-21-. The van der Waals surface area contributed by atoms with Crippen LogP contribution in [0.2, 0.25) is 0 Å². The monoisotopic (exact) mass is 801 g/mol. The zero-order chi connectivity index (χ0) is 40.6. The summed E-state index contributed by atoms with van der Waals surface area (Å²) < 4.78 is 35.0. The van der Waals surface area contributed by atoms with Gasteiger partial charge in [0, 0.05) is 13.0 Å². The predicted octanol–water partition coefficient (Wildman–Crippen LogP) is 13.6. The Morgan fingerprint density at radius 2 is 1.00 bits per heavy atom. The molecule has 0 rings (SSSR count). The lowest BCUT2D eigenvalue weighted by Crippen LogP contribution is -2.37. The molecule has 0 spiro atoms. The van der Waals surface area contributed by atoms with Crippen LogP contribution in [0.1, 0.15) is 206 Å². The Morgan fingerprint density at radius 1 is 0.564 bits per heavy atom. The second kappa shape index (κ2) is 39.8.